The van der Waals surface area contributed by atoms with Crippen LogP contribution >= 0.6 is 0 Å². The molecule has 4 N–H and O–H groups in total. The Balaban J connectivity index is 2.63. The van der Waals surface area contributed by atoms with Gasteiger partial charge in [-0.1, -0.05) is 13.3 Å². The van der Waals surface area contributed by atoms with E-state index in [4.69, 9.17) is 5.11 Å². The Kier molecular flexibility index (Phi) is 4.31. The van der Waals surface area contributed by atoms with Gasteiger partial charge in [0.1, 0.15) is 6.10 Å². The Morgan fingerprint density at radius 1 is 1.00 bits per heavy atom. The van der Waals surface area contributed by atoms with Gasteiger partial charge in [0, 0.05) is 12.5 Å². The van der Waals surface area contributed by atoms with Crippen molar-refractivity contribution in [2.75, 3.05) is 6.61 Å². The lowest BCUT2D eigenvalue weighted by atomic mass is 9.74. The maximum absolute atomic E-state index is 9.66. The first-order valence-electron chi connectivity index (χ1n) is 5.26. The number of aliphatic hydroxyl groups is 4. The molecule has 1 fully saturated rings. The lowest BCUT2D eigenvalue weighted by molar-refractivity contribution is -0.143. The van der Waals surface area contributed by atoms with Crippen molar-refractivity contribution in [3.63, 3.8) is 0 Å². The van der Waals surface area contributed by atoms with Gasteiger partial charge in [-0.15, -0.1) is 0 Å². The normalized spacial score (nSPS) is 43.9. The molecule has 0 aromatic rings. The highest BCUT2D eigenvalue weighted by Crippen LogP contribution is 2.32. The van der Waals surface area contributed by atoms with E-state index in [0.29, 0.717) is 6.42 Å². The average molecular weight is 204 g/mol. The van der Waals surface area contributed by atoms with Crippen LogP contribution in [0.2, 0.25) is 0 Å². The Bertz CT molecular complexity index is 170. The first kappa shape index (κ1) is 11.9. The molecule has 4 nitrogen and oxygen atoms in total. The highest BCUT2D eigenvalue weighted by molar-refractivity contribution is 4.91. The van der Waals surface area contributed by atoms with Gasteiger partial charge in [0.05, 0.1) is 12.2 Å². The molecule has 0 amide bonds. The second-order valence-corrected chi connectivity index (χ2v) is 4.20. The minimum atomic E-state index is -1.11. The van der Waals surface area contributed by atoms with E-state index in [2.05, 4.69) is 0 Å². The quantitative estimate of drug-likeness (QED) is 0.499. The Labute approximate surface area is 84.2 Å². The third-order valence-electron chi connectivity index (χ3n) is 3.17. The number of aliphatic hydroxyl groups excluding tert-OH is 4. The standard InChI is InChI=1S/C10H20O4/c1-2-3-6-4-7(5-11)9(13)10(14)8(6)12/h6-14H,2-5H2,1H3/t6-,7-,8-,9+,10+/m0/s1. The van der Waals surface area contributed by atoms with Crippen LogP contribution in [-0.2, 0) is 0 Å². The van der Waals surface area contributed by atoms with Gasteiger partial charge < -0.3 is 20.4 Å². The highest BCUT2D eigenvalue weighted by atomic mass is 16.4. The molecule has 4 heteroatoms. The lowest BCUT2D eigenvalue weighted by Gasteiger charge is -2.39. The summed E-state index contributed by atoms with van der Waals surface area (Å²) in [5, 5.41) is 37.7. The molecule has 0 aliphatic heterocycles. The topological polar surface area (TPSA) is 80.9 Å². The predicted octanol–water partition coefficient (Wildman–Crippen LogP) is -0.502. The zero-order chi connectivity index (χ0) is 10.7. The fourth-order valence-corrected chi connectivity index (χ4v) is 2.27. The third-order valence-corrected chi connectivity index (χ3v) is 3.17. The molecule has 0 aromatic carbocycles. The fourth-order valence-electron chi connectivity index (χ4n) is 2.27. The third kappa shape index (κ3) is 2.25. The lowest BCUT2D eigenvalue weighted by Crippen LogP contribution is -2.51. The monoisotopic (exact) mass is 204 g/mol. The summed E-state index contributed by atoms with van der Waals surface area (Å²) < 4.78 is 0. The molecule has 1 aliphatic carbocycles. The van der Waals surface area contributed by atoms with E-state index in [1.54, 1.807) is 0 Å². The summed E-state index contributed by atoms with van der Waals surface area (Å²) in [5.74, 6) is -0.305. The number of rotatable bonds is 3. The van der Waals surface area contributed by atoms with Gasteiger partial charge in [-0.25, -0.2) is 0 Å². The molecule has 1 aliphatic rings. The van der Waals surface area contributed by atoms with Crippen molar-refractivity contribution in [1.82, 2.24) is 0 Å². The summed E-state index contributed by atoms with van der Waals surface area (Å²) in [6, 6.07) is 0. The zero-order valence-corrected chi connectivity index (χ0v) is 8.50. The average Bonchev–Trinajstić information content (AvgIpc) is 2.19. The van der Waals surface area contributed by atoms with E-state index >= 15 is 0 Å². The minimum absolute atomic E-state index is 0.00412. The summed E-state index contributed by atoms with van der Waals surface area (Å²) in [6.45, 7) is 1.88. The molecule has 14 heavy (non-hydrogen) atoms. The summed E-state index contributed by atoms with van der Waals surface area (Å²) >= 11 is 0. The molecule has 0 heterocycles. The molecule has 0 bridgehead atoms. The molecule has 1 saturated carbocycles. The van der Waals surface area contributed by atoms with Gasteiger partial charge in [-0.2, -0.15) is 0 Å². The molecule has 0 saturated heterocycles. The van der Waals surface area contributed by atoms with Crippen LogP contribution in [0.1, 0.15) is 26.2 Å². The van der Waals surface area contributed by atoms with Crippen LogP contribution < -0.4 is 0 Å². The SMILES string of the molecule is CCC[C@H]1C[C@@H](CO)[C@@H](O)[C@H](O)[C@H]1O. The molecule has 5 atom stereocenters. The van der Waals surface area contributed by atoms with Crippen molar-refractivity contribution in [2.45, 2.75) is 44.5 Å². The van der Waals surface area contributed by atoms with Crippen LogP contribution in [0.25, 0.3) is 0 Å². The maximum Gasteiger partial charge on any atom is 0.106 e. The summed E-state index contributed by atoms with van der Waals surface area (Å²) in [7, 11) is 0. The van der Waals surface area contributed by atoms with Crippen molar-refractivity contribution in [2.24, 2.45) is 11.8 Å². The maximum atomic E-state index is 9.66. The molecular weight excluding hydrogens is 184 g/mol. The van der Waals surface area contributed by atoms with Gasteiger partial charge in [0.2, 0.25) is 0 Å². The molecule has 0 radical (unpaired) electrons. The largest absolute Gasteiger partial charge is 0.396 e. The smallest absolute Gasteiger partial charge is 0.106 e. The van der Waals surface area contributed by atoms with Crippen molar-refractivity contribution < 1.29 is 20.4 Å². The van der Waals surface area contributed by atoms with E-state index in [-0.39, 0.29) is 18.4 Å². The van der Waals surface area contributed by atoms with E-state index in [9.17, 15) is 15.3 Å². The Morgan fingerprint density at radius 2 is 1.57 bits per heavy atom. The minimum Gasteiger partial charge on any atom is -0.396 e. The van der Waals surface area contributed by atoms with E-state index < -0.39 is 18.3 Å². The summed E-state index contributed by atoms with van der Waals surface area (Å²) in [4.78, 5) is 0. The van der Waals surface area contributed by atoms with Crippen LogP contribution in [0.5, 0.6) is 0 Å². The second-order valence-electron chi connectivity index (χ2n) is 4.20. The first-order chi connectivity index (χ1) is 6.61. The molecule has 0 aromatic heterocycles. The van der Waals surface area contributed by atoms with Crippen molar-refractivity contribution in [1.29, 1.82) is 0 Å². The summed E-state index contributed by atoms with van der Waals surface area (Å²) in [6.07, 6.45) is -0.623. The zero-order valence-electron chi connectivity index (χ0n) is 8.50. The highest BCUT2D eigenvalue weighted by Gasteiger charge is 2.41. The predicted molar refractivity (Wildman–Crippen MR) is 51.6 cm³/mol. The molecule has 1 rings (SSSR count). The Hall–Kier alpha value is -0.160. The van der Waals surface area contributed by atoms with Crippen molar-refractivity contribution in [3.05, 3.63) is 0 Å². The van der Waals surface area contributed by atoms with Crippen LogP contribution in [0.3, 0.4) is 0 Å². The Morgan fingerprint density at radius 3 is 2.07 bits per heavy atom. The molecule has 0 unspecified atom stereocenters. The number of hydrogen-bond acceptors (Lipinski definition) is 4. The summed E-state index contributed by atoms with van der Waals surface area (Å²) in [5.41, 5.74) is 0. The fraction of sp³-hybridized carbons (Fsp3) is 1.00. The van der Waals surface area contributed by atoms with Crippen molar-refractivity contribution in [3.8, 4) is 0 Å². The van der Waals surface area contributed by atoms with E-state index in [1.165, 1.54) is 0 Å². The number of hydrogen-bond donors (Lipinski definition) is 4. The first-order valence-corrected chi connectivity index (χ1v) is 5.26. The molecular formula is C10H20O4. The van der Waals surface area contributed by atoms with Gasteiger partial charge in [-0.3, -0.25) is 0 Å². The van der Waals surface area contributed by atoms with Gasteiger partial charge in [0.25, 0.3) is 0 Å². The van der Waals surface area contributed by atoms with Gasteiger partial charge in [-0.05, 0) is 18.8 Å². The van der Waals surface area contributed by atoms with Gasteiger partial charge in [0.15, 0.2) is 0 Å². The molecule has 84 valence electrons. The van der Waals surface area contributed by atoms with Crippen LogP contribution in [0.4, 0.5) is 0 Å². The van der Waals surface area contributed by atoms with Crippen LogP contribution in [0, 0.1) is 11.8 Å². The van der Waals surface area contributed by atoms with Crippen LogP contribution in [-0.4, -0.2) is 45.3 Å². The van der Waals surface area contributed by atoms with E-state index in [1.807, 2.05) is 6.92 Å². The van der Waals surface area contributed by atoms with Gasteiger partial charge >= 0.3 is 0 Å². The van der Waals surface area contributed by atoms with Crippen LogP contribution in [0.15, 0.2) is 0 Å². The van der Waals surface area contributed by atoms with Crippen molar-refractivity contribution >= 4 is 0 Å². The molecule has 0 spiro atoms. The van der Waals surface area contributed by atoms with E-state index in [0.717, 1.165) is 12.8 Å². The second kappa shape index (κ2) is 5.07.